The summed E-state index contributed by atoms with van der Waals surface area (Å²) in [6.07, 6.45) is 4.00. The Morgan fingerprint density at radius 2 is 1.95 bits per heavy atom. The highest BCUT2D eigenvalue weighted by atomic mass is 16.6. The predicted molar refractivity (Wildman–Crippen MR) is 73.5 cm³/mol. The van der Waals surface area contributed by atoms with Crippen molar-refractivity contribution in [2.45, 2.75) is 64.0 Å². The molecule has 1 aliphatic rings. The van der Waals surface area contributed by atoms with Crippen LogP contribution in [0.25, 0.3) is 10.4 Å². The molecule has 6 nitrogen and oxygen atoms in total. The minimum absolute atomic E-state index is 0.362. The van der Waals surface area contributed by atoms with Crippen LogP contribution in [0.4, 0.5) is 4.79 Å². The van der Waals surface area contributed by atoms with Gasteiger partial charge in [0.25, 0.3) is 0 Å². The lowest BCUT2D eigenvalue weighted by atomic mass is 9.80. The number of azide groups is 1. The monoisotopic (exact) mass is 266 g/mol. The molecular weight excluding hydrogens is 244 g/mol. The molecular formula is C13H22N4O2. The van der Waals surface area contributed by atoms with Crippen molar-refractivity contribution in [2.75, 3.05) is 0 Å². The van der Waals surface area contributed by atoms with Gasteiger partial charge in [0.2, 0.25) is 0 Å². The lowest BCUT2D eigenvalue weighted by Crippen LogP contribution is -2.52. The van der Waals surface area contributed by atoms with Crippen LogP contribution in [0.5, 0.6) is 0 Å². The molecule has 0 aliphatic heterocycles. The molecule has 19 heavy (non-hydrogen) atoms. The zero-order valence-electron chi connectivity index (χ0n) is 11.9. The van der Waals surface area contributed by atoms with Crippen LogP contribution in [0.3, 0.4) is 0 Å². The van der Waals surface area contributed by atoms with Crippen molar-refractivity contribution in [3.05, 3.63) is 22.7 Å². The quantitative estimate of drug-likeness (QED) is 0.474. The predicted octanol–water partition coefficient (Wildman–Crippen LogP) is 4.04. The van der Waals surface area contributed by atoms with E-state index >= 15 is 0 Å². The first-order chi connectivity index (χ1) is 8.79. The van der Waals surface area contributed by atoms with Crippen molar-refractivity contribution < 1.29 is 9.53 Å². The molecule has 0 saturated heterocycles. The highest BCUT2D eigenvalue weighted by Gasteiger charge is 2.37. The fraction of sp³-hybridized carbons (Fsp3) is 0.769. The number of rotatable bonds is 3. The number of ether oxygens (including phenoxy) is 1. The molecule has 0 spiro atoms. The molecule has 0 heterocycles. The van der Waals surface area contributed by atoms with Gasteiger partial charge in [0.15, 0.2) is 0 Å². The average molecular weight is 266 g/mol. The van der Waals surface area contributed by atoms with Crippen LogP contribution < -0.4 is 5.32 Å². The Labute approximate surface area is 113 Å². The molecule has 0 atom stereocenters. The molecule has 6 heteroatoms. The number of hydrogen-bond acceptors (Lipinski definition) is 3. The number of nitrogens with zero attached hydrogens (tertiary/aromatic N) is 3. The minimum atomic E-state index is -0.660. The normalized spacial score (nSPS) is 18.1. The molecule has 0 unspecified atom stereocenters. The van der Waals surface area contributed by atoms with Gasteiger partial charge in [-0.2, -0.15) is 0 Å². The summed E-state index contributed by atoms with van der Waals surface area (Å²) in [5.74, 6) is 0. The second kappa shape index (κ2) is 5.97. The van der Waals surface area contributed by atoms with E-state index in [4.69, 9.17) is 10.3 Å². The molecule has 106 valence electrons. The van der Waals surface area contributed by atoms with E-state index in [9.17, 15) is 4.79 Å². The Balaban J connectivity index is 2.83. The van der Waals surface area contributed by atoms with Crippen LogP contribution in [-0.4, -0.2) is 17.2 Å². The zero-order valence-corrected chi connectivity index (χ0v) is 11.9. The van der Waals surface area contributed by atoms with Gasteiger partial charge >= 0.3 is 6.09 Å². The Kier molecular flexibility index (Phi) is 4.84. The van der Waals surface area contributed by atoms with Gasteiger partial charge in [-0.25, -0.2) is 4.79 Å². The van der Waals surface area contributed by atoms with Crippen LogP contribution in [0, 0.1) is 0 Å². The van der Waals surface area contributed by atoms with Gasteiger partial charge in [-0.05, 0) is 39.1 Å². The third kappa shape index (κ3) is 4.48. The summed E-state index contributed by atoms with van der Waals surface area (Å²) < 4.78 is 5.27. The van der Waals surface area contributed by atoms with E-state index in [0.717, 1.165) is 32.1 Å². The highest BCUT2D eigenvalue weighted by Crippen LogP contribution is 2.34. The van der Waals surface area contributed by atoms with E-state index in [1.54, 1.807) is 0 Å². The maximum absolute atomic E-state index is 11.9. The van der Waals surface area contributed by atoms with Crippen molar-refractivity contribution in [3.8, 4) is 0 Å². The van der Waals surface area contributed by atoms with Gasteiger partial charge < -0.3 is 10.1 Å². The van der Waals surface area contributed by atoms with Crippen molar-refractivity contribution in [1.29, 1.82) is 0 Å². The Bertz CT molecular complexity index is 399. The second-order valence-corrected chi connectivity index (χ2v) is 5.91. The number of carbonyl (C=O) groups is 1. The molecule has 1 rings (SSSR count). The molecule has 0 radical (unpaired) electrons. The number of alkyl carbamates (subject to hydrolysis) is 1. The fourth-order valence-electron chi connectivity index (χ4n) is 2.29. The van der Waals surface area contributed by atoms with E-state index in [0.29, 0.717) is 5.70 Å². The summed E-state index contributed by atoms with van der Waals surface area (Å²) in [6.45, 7) is 9.22. The van der Waals surface area contributed by atoms with Crippen LogP contribution in [0.1, 0.15) is 52.9 Å². The molecule has 1 N–H and O–H groups in total. The SMILES string of the molecule is C=C(N=[N+]=[N-])C1(NC(=O)OC(C)(C)C)CCCCC1. The number of carbonyl (C=O) groups excluding carboxylic acids is 1. The first kappa shape index (κ1) is 15.4. The summed E-state index contributed by atoms with van der Waals surface area (Å²) in [5, 5.41) is 6.43. The minimum Gasteiger partial charge on any atom is -0.444 e. The largest absolute Gasteiger partial charge is 0.444 e. The summed E-state index contributed by atoms with van der Waals surface area (Å²) in [5.41, 5.74) is 7.70. The summed E-state index contributed by atoms with van der Waals surface area (Å²) in [4.78, 5) is 14.7. The van der Waals surface area contributed by atoms with E-state index in [2.05, 4.69) is 21.9 Å². The third-order valence-corrected chi connectivity index (χ3v) is 3.17. The molecule has 0 aromatic rings. The molecule has 0 bridgehead atoms. The van der Waals surface area contributed by atoms with Gasteiger partial charge in [-0.15, -0.1) is 0 Å². The highest BCUT2D eigenvalue weighted by molar-refractivity contribution is 5.69. The van der Waals surface area contributed by atoms with E-state index < -0.39 is 17.2 Å². The summed E-state index contributed by atoms with van der Waals surface area (Å²) in [7, 11) is 0. The van der Waals surface area contributed by atoms with Crippen molar-refractivity contribution in [1.82, 2.24) is 5.32 Å². The lowest BCUT2D eigenvalue weighted by molar-refractivity contribution is 0.0450. The van der Waals surface area contributed by atoms with Gasteiger partial charge in [0.05, 0.1) is 5.54 Å². The number of nitrogens with one attached hydrogen (secondary N) is 1. The van der Waals surface area contributed by atoms with Gasteiger partial charge in [0.1, 0.15) is 5.60 Å². The van der Waals surface area contributed by atoms with Crippen LogP contribution in [0.15, 0.2) is 17.4 Å². The maximum atomic E-state index is 11.9. The fourth-order valence-corrected chi connectivity index (χ4v) is 2.29. The standard InChI is InChI=1S/C13H22N4O2/c1-10(16-17-14)13(8-6-5-7-9-13)15-11(18)19-12(2,3)4/h1,5-9H2,2-4H3,(H,15,18). The Morgan fingerprint density at radius 1 is 1.37 bits per heavy atom. The zero-order chi connectivity index (χ0) is 14.5. The number of hydrogen-bond donors (Lipinski definition) is 1. The van der Waals surface area contributed by atoms with Gasteiger partial charge in [-0.1, -0.05) is 31.0 Å². The van der Waals surface area contributed by atoms with E-state index in [1.165, 1.54) is 0 Å². The molecule has 0 aromatic heterocycles. The third-order valence-electron chi connectivity index (χ3n) is 3.17. The van der Waals surface area contributed by atoms with Gasteiger partial charge in [-0.3, -0.25) is 0 Å². The summed E-state index contributed by atoms with van der Waals surface area (Å²) >= 11 is 0. The van der Waals surface area contributed by atoms with Gasteiger partial charge in [0, 0.05) is 10.6 Å². The molecule has 0 aromatic carbocycles. The average Bonchev–Trinajstić information content (AvgIpc) is 2.27. The Morgan fingerprint density at radius 3 is 2.42 bits per heavy atom. The van der Waals surface area contributed by atoms with Crippen molar-refractivity contribution >= 4 is 6.09 Å². The molecule has 1 fully saturated rings. The topological polar surface area (TPSA) is 87.1 Å². The first-order valence-corrected chi connectivity index (χ1v) is 6.55. The molecule has 1 saturated carbocycles. The van der Waals surface area contributed by atoms with E-state index in [-0.39, 0.29) is 0 Å². The van der Waals surface area contributed by atoms with Crippen LogP contribution in [-0.2, 0) is 4.74 Å². The molecule has 1 amide bonds. The lowest BCUT2D eigenvalue weighted by Gasteiger charge is -2.38. The Hall–Kier alpha value is -1.68. The maximum Gasteiger partial charge on any atom is 0.408 e. The second-order valence-electron chi connectivity index (χ2n) is 5.91. The van der Waals surface area contributed by atoms with Crippen LogP contribution >= 0.6 is 0 Å². The van der Waals surface area contributed by atoms with Crippen molar-refractivity contribution in [3.63, 3.8) is 0 Å². The van der Waals surface area contributed by atoms with E-state index in [1.807, 2.05) is 20.8 Å². The van der Waals surface area contributed by atoms with Crippen LogP contribution in [0.2, 0.25) is 0 Å². The van der Waals surface area contributed by atoms with Crippen molar-refractivity contribution in [2.24, 2.45) is 5.11 Å². The number of amides is 1. The molecule has 1 aliphatic carbocycles. The smallest absolute Gasteiger partial charge is 0.408 e. The summed E-state index contributed by atoms with van der Waals surface area (Å²) in [6, 6.07) is 0. The first-order valence-electron chi connectivity index (χ1n) is 6.55.